The Morgan fingerprint density at radius 3 is 2.45 bits per heavy atom. The van der Waals surface area contributed by atoms with Crippen molar-refractivity contribution < 1.29 is 4.74 Å². The van der Waals surface area contributed by atoms with Gasteiger partial charge in [0, 0.05) is 4.88 Å². The van der Waals surface area contributed by atoms with Gasteiger partial charge in [-0.25, -0.2) is 9.36 Å². The third-order valence-electron chi connectivity index (χ3n) is 5.32. The van der Waals surface area contributed by atoms with E-state index in [1.54, 1.807) is 41.0 Å². The van der Waals surface area contributed by atoms with Crippen LogP contribution >= 0.6 is 11.3 Å². The lowest BCUT2D eigenvalue weighted by atomic mass is 10.1. The van der Waals surface area contributed by atoms with Crippen molar-refractivity contribution in [3.05, 3.63) is 90.9 Å². The molecule has 156 valence electrons. The van der Waals surface area contributed by atoms with Crippen LogP contribution in [0, 0.1) is 25.2 Å². The van der Waals surface area contributed by atoms with Crippen LogP contribution in [0.2, 0.25) is 0 Å². The van der Waals surface area contributed by atoms with E-state index in [9.17, 15) is 14.9 Å². The Bertz CT molecular complexity index is 1440. The van der Waals surface area contributed by atoms with Gasteiger partial charge in [0.25, 0.3) is 5.56 Å². The van der Waals surface area contributed by atoms with Crippen molar-refractivity contribution in [3.8, 4) is 17.5 Å². The Labute approximate surface area is 183 Å². The molecule has 0 fully saturated rings. The molecule has 2 aromatic heterocycles. The molecule has 0 spiro atoms. The summed E-state index contributed by atoms with van der Waals surface area (Å²) in [6, 6.07) is 16.3. The fourth-order valence-electron chi connectivity index (χ4n) is 3.62. The molecule has 0 bridgehead atoms. The number of hydrogen-bond donors (Lipinski definition) is 0. The monoisotopic (exact) mass is 431 g/mol. The number of nitrogens with zero attached hydrogens (tertiary/aromatic N) is 3. The number of rotatable bonds is 5. The van der Waals surface area contributed by atoms with Crippen LogP contribution in [0.3, 0.4) is 0 Å². The highest BCUT2D eigenvalue weighted by atomic mass is 32.1. The van der Waals surface area contributed by atoms with Crippen molar-refractivity contribution >= 4 is 21.6 Å². The van der Waals surface area contributed by atoms with Gasteiger partial charge in [0.1, 0.15) is 10.6 Å². The summed E-state index contributed by atoms with van der Waals surface area (Å²) < 4.78 is 8.27. The second-order valence-corrected chi connectivity index (χ2v) is 8.37. The number of thiophene rings is 1. The van der Waals surface area contributed by atoms with Crippen molar-refractivity contribution in [2.75, 3.05) is 6.61 Å². The van der Waals surface area contributed by atoms with Gasteiger partial charge in [-0.3, -0.25) is 9.36 Å². The summed E-state index contributed by atoms with van der Waals surface area (Å²) in [5, 5.41) is 10.0. The third kappa shape index (κ3) is 3.56. The van der Waals surface area contributed by atoms with Gasteiger partial charge in [-0.2, -0.15) is 5.26 Å². The van der Waals surface area contributed by atoms with E-state index < -0.39 is 5.69 Å². The quantitative estimate of drug-likeness (QED) is 0.476. The molecule has 0 saturated heterocycles. The van der Waals surface area contributed by atoms with E-state index in [4.69, 9.17) is 4.74 Å². The summed E-state index contributed by atoms with van der Waals surface area (Å²) in [5.41, 5.74) is 1.81. The van der Waals surface area contributed by atoms with Crippen LogP contribution in [0.5, 0.6) is 5.75 Å². The first kappa shape index (κ1) is 20.6. The zero-order chi connectivity index (χ0) is 22.1. The van der Waals surface area contributed by atoms with E-state index in [0.29, 0.717) is 33.8 Å². The van der Waals surface area contributed by atoms with E-state index in [1.165, 1.54) is 15.9 Å². The molecular formula is C24H21N3O3S. The van der Waals surface area contributed by atoms with Gasteiger partial charge in [0.2, 0.25) is 0 Å². The Morgan fingerprint density at radius 2 is 1.77 bits per heavy atom. The van der Waals surface area contributed by atoms with Gasteiger partial charge in [-0.1, -0.05) is 18.2 Å². The van der Waals surface area contributed by atoms with Gasteiger partial charge >= 0.3 is 5.69 Å². The fourth-order valence-corrected chi connectivity index (χ4v) is 4.76. The fraction of sp³-hybridized carbons (Fsp3) is 0.208. The number of ether oxygens (including phenoxy) is 1. The highest BCUT2D eigenvalue weighted by Gasteiger charge is 2.20. The largest absolute Gasteiger partial charge is 0.494 e. The van der Waals surface area contributed by atoms with Crippen molar-refractivity contribution in [1.29, 1.82) is 5.26 Å². The minimum atomic E-state index is -0.435. The number of fused-ring (bicyclic) bond motifs is 1. The molecule has 0 radical (unpaired) electrons. The summed E-state index contributed by atoms with van der Waals surface area (Å²) >= 11 is 1.43. The normalized spacial score (nSPS) is 10.9. The van der Waals surface area contributed by atoms with Crippen LogP contribution in [0.15, 0.2) is 58.1 Å². The van der Waals surface area contributed by atoms with Crippen LogP contribution in [0.4, 0.5) is 0 Å². The number of nitriles is 1. The Morgan fingerprint density at radius 1 is 1.06 bits per heavy atom. The predicted octanol–water partition coefficient (Wildman–Crippen LogP) is 4.15. The molecule has 31 heavy (non-hydrogen) atoms. The average molecular weight is 432 g/mol. The molecule has 0 amide bonds. The molecule has 0 aliphatic rings. The first-order valence-electron chi connectivity index (χ1n) is 9.93. The van der Waals surface area contributed by atoms with E-state index in [2.05, 4.69) is 6.07 Å². The summed E-state index contributed by atoms with van der Waals surface area (Å²) in [5.74, 6) is 0.672. The Hall–Kier alpha value is -3.63. The maximum absolute atomic E-state index is 13.6. The lowest BCUT2D eigenvalue weighted by Crippen LogP contribution is -2.39. The number of hydrogen-bond acceptors (Lipinski definition) is 5. The molecule has 0 aliphatic heterocycles. The average Bonchev–Trinajstić information content (AvgIpc) is 3.07. The molecule has 4 rings (SSSR count). The maximum Gasteiger partial charge on any atom is 0.337 e. The highest BCUT2D eigenvalue weighted by molar-refractivity contribution is 7.18. The maximum atomic E-state index is 13.6. The van der Waals surface area contributed by atoms with Gasteiger partial charge < -0.3 is 4.74 Å². The van der Waals surface area contributed by atoms with Gasteiger partial charge in [-0.15, -0.1) is 11.3 Å². The molecule has 2 aromatic carbocycles. The summed E-state index contributed by atoms with van der Waals surface area (Å²) in [4.78, 5) is 28.6. The molecule has 7 heteroatoms. The predicted molar refractivity (Wildman–Crippen MR) is 123 cm³/mol. The molecule has 6 nitrogen and oxygen atoms in total. The number of aryl methyl sites for hydroxylation is 2. The van der Waals surface area contributed by atoms with Crippen LogP contribution < -0.4 is 16.0 Å². The molecule has 2 heterocycles. The van der Waals surface area contributed by atoms with E-state index in [-0.39, 0.29) is 12.1 Å². The minimum Gasteiger partial charge on any atom is -0.494 e. The summed E-state index contributed by atoms with van der Waals surface area (Å²) in [6.07, 6.45) is 0. The standard InChI is InChI=1S/C24H21N3O3S/c1-4-30-20-11-9-19(10-12-20)27-22(28)21-15(2)16(3)31-23(21)26(24(27)29)14-18-8-6-5-7-17(18)13-25/h5-12H,4,14H2,1-3H3. The third-order valence-corrected chi connectivity index (χ3v) is 6.55. The molecule has 0 unspecified atom stereocenters. The van der Waals surface area contributed by atoms with Crippen molar-refractivity contribution in [1.82, 2.24) is 9.13 Å². The second kappa shape index (κ2) is 8.25. The van der Waals surface area contributed by atoms with Crippen molar-refractivity contribution in [2.45, 2.75) is 27.3 Å². The first-order valence-corrected chi connectivity index (χ1v) is 10.7. The zero-order valence-corrected chi connectivity index (χ0v) is 18.3. The molecule has 0 atom stereocenters. The van der Waals surface area contributed by atoms with E-state index in [1.807, 2.05) is 32.9 Å². The lowest BCUT2D eigenvalue weighted by Gasteiger charge is -2.13. The lowest BCUT2D eigenvalue weighted by molar-refractivity contribution is 0.340. The van der Waals surface area contributed by atoms with Gasteiger partial charge in [0.15, 0.2) is 0 Å². The molecular weight excluding hydrogens is 410 g/mol. The van der Waals surface area contributed by atoms with Crippen LogP contribution in [-0.4, -0.2) is 15.7 Å². The molecule has 0 aliphatic carbocycles. The van der Waals surface area contributed by atoms with E-state index >= 15 is 0 Å². The zero-order valence-electron chi connectivity index (χ0n) is 17.5. The number of benzene rings is 2. The Balaban J connectivity index is 2.00. The molecule has 0 N–H and O–H groups in total. The van der Waals surface area contributed by atoms with Crippen molar-refractivity contribution in [3.63, 3.8) is 0 Å². The molecule has 0 saturated carbocycles. The Kier molecular flexibility index (Phi) is 5.49. The summed E-state index contributed by atoms with van der Waals surface area (Å²) in [6.45, 7) is 6.47. The highest BCUT2D eigenvalue weighted by Crippen LogP contribution is 2.28. The SMILES string of the molecule is CCOc1ccc(-n2c(=O)c3c(C)c(C)sc3n(Cc3ccccc3C#N)c2=O)cc1. The van der Waals surface area contributed by atoms with Gasteiger partial charge in [-0.05, 0) is 62.2 Å². The van der Waals surface area contributed by atoms with Crippen LogP contribution in [0.25, 0.3) is 15.9 Å². The topological polar surface area (TPSA) is 77.0 Å². The smallest absolute Gasteiger partial charge is 0.337 e. The van der Waals surface area contributed by atoms with E-state index in [0.717, 1.165) is 16.0 Å². The number of aromatic nitrogens is 2. The first-order chi connectivity index (χ1) is 15.0. The van der Waals surface area contributed by atoms with Crippen LogP contribution in [-0.2, 0) is 6.54 Å². The minimum absolute atomic E-state index is 0.204. The van der Waals surface area contributed by atoms with Gasteiger partial charge in [0.05, 0.1) is 35.9 Å². The summed E-state index contributed by atoms with van der Waals surface area (Å²) in [7, 11) is 0. The van der Waals surface area contributed by atoms with Crippen LogP contribution in [0.1, 0.15) is 28.5 Å². The molecule has 4 aromatic rings. The second-order valence-electron chi connectivity index (χ2n) is 7.17. The van der Waals surface area contributed by atoms with Crippen molar-refractivity contribution in [2.24, 2.45) is 0 Å².